The second-order valence-corrected chi connectivity index (χ2v) is 3.35. The molecule has 0 amide bonds. The molecule has 3 nitrogen and oxygen atoms in total. The van der Waals surface area contributed by atoms with Gasteiger partial charge < -0.3 is 10.8 Å². The van der Waals surface area contributed by atoms with Crippen LogP contribution >= 0.6 is 0 Å². The molecule has 0 radical (unpaired) electrons. The Labute approximate surface area is 89.7 Å². The Morgan fingerprint density at radius 1 is 1.44 bits per heavy atom. The van der Waals surface area contributed by atoms with E-state index in [2.05, 4.69) is 0 Å². The highest BCUT2D eigenvalue weighted by Gasteiger charge is 2.37. The molecule has 1 atom stereocenters. The zero-order valence-electron chi connectivity index (χ0n) is 8.38. The van der Waals surface area contributed by atoms with Crippen molar-refractivity contribution in [1.82, 2.24) is 0 Å². The van der Waals surface area contributed by atoms with Crippen LogP contribution in [-0.2, 0) is 6.18 Å². The molecule has 3 N–H and O–H groups in total. The first-order valence-corrected chi connectivity index (χ1v) is 4.44. The normalized spacial score (nSPS) is 13.6. The summed E-state index contributed by atoms with van der Waals surface area (Å²) in [5, 5.41) is 9.30. The van der Waals surface area contributed by atoms with Crippen LogP contribution in [0.1, 0.15) is 22.8 Å². The number of hydrogen-bond donors (Lipinski definition) is 2. The number of rotatable bonds is 2. The summed E-state index contributed by atoms with van der Waals surface area (Å²) < 4.78 is 37.6. The van der Waals surface area contributed by atoms with Gasteiger partial charge in [-0.2, -0.15) is 13.2 Å². The predicted molar refractivity (Wildman–Crippen MR) is 51.1 cm³/mol. The fourth-order valence-corrected chi connectivity index (χ4v) is 1.26. The van der Waals surface area contributed by atoms with Crippen molar-refractivity contribution < 1.29 is 23.1 Å². The first-order valence-electron chi connectivity index (χ1n) is 4.44. The fourth-order valence-electron chi connectivity index (χ4n) is 1.26. The number of aromatic hydroxyl groups is 1. The molecular weight excluding hydrogens is 223 g/mol. The zero-order chi connectivity index (χ0) is 12.5. The summed E-state index contributed by atoms with van der Waals surface area (Å²) in [5.74, 6) is -1.65. The van der Waals surface area contributed by atoms with Gasteiger partial charge in [-0.1, -0.05) is 6.07 Å². The van der Waals surface area contributed by atoms with Crippen molar-refractivity contribution in [2.75, 3.05) is 0 Å². The van der Waals surface area contributed by atoms with Crippen LogP contribution in [0.5, 0.6) is 5.75 Å². The van der Waals surface area contributed by atoms with Crippen molar-refractivity contribution in [2.45, 2.75) is 19.1 Å². The molecule has 6 heteroatoms. The number of carbonyl (C=O) groups is 1. The molecule has 0 saturated carbocycles. The van der Waals surface area contributed by atoms with E-state index in [0.717, 1.165) is 18.2 Å². The van der Waals surface area contributed by atoms with E-state index in [-0.39, 0.29) is 0 Å². The minimum Gasteiger partial charge on any atom is -0.507 e. The Morgan fingerprint density at radius 2 is 2.00 bits per heavy atom. The lowest BCUT2D eigenvalue weighted by atomic mass is 9.98. The maximum atomic E-state index is 12.5. The SMILES string of the molecule is CC(N)C(=O)c1c(O)cccc1C(F)(F)F. The molecule has 0 aromatic heterocycles. The molecule has 1 unspecified atom stereocenters. The van der Waals surface area contributed by atoms with Gasteiger partial charge in [0.2, 0.25) is 0 Å². The van der Waals surface area contributed by atoms with Crippen LogP contribution in [0.15, 0.2) is 18.2 Å². The van der Waals surface area contributed by atoms with Gasteiger partial charge in [-0.25, -0.2) is 0 Å². The standard InChI is InChI=1S/C10H10F3NO2/c1-5(14)9(16)8-6(10(11,12)13)3-2-4-7(8)15/h2-5,15H,14H2,1H3. The minimum atomic E-state index is -4.70. The molecule has 1 aromatic rings. The predicted octanol–water partition coefficient (Wildman–Crippen LogP) is 1.94. The summed E-state index contributed by atoms with van der Waals surface area (Å²) in [4.78, 5) is 11.4. The molecule has 0 aliphatic rings. The van der Waals surface area contributed by atoms with E-state index >= 15 is 0 Å². The summed E-state index contributed by atoms with van der Waals surface area (Å²) in [6, 6.07) is 1.67. The van der Waals surface area contributed by atoms with Crippen LogP contribution in [0.3, 0.4) is 0 Å². The van der Waals surface area contributed by atoms with E-state index in [4.69, 9.17) is 5.73 Å². The van der Waals surface area contributed by atoms with E-state index in [1.165, 1.54) is 6.92 Å². The third-order valence-corrected chi connectivity index (χ3v) is 2.01. The molecule has 1 rings (SSSR count). The number of halogens is 3. The Kier molecular flexibility index (Phi) is 3.23. The number of phenolic OH excluding ortho intramolecular Hbond substituents is 1. The molecule has 0 fully saturated rings. The number of hydrogen-bond acceptors (Lipinski definition) is 3. The number of ketones is 1. The Hall–Kier alpha value is -1.56. The first kappa shape index (κ1) is 12.5. The van der Waals surface area contributed by atoms with Crippen molar-refractivity contribution in [3.05, 3.63) is 29.3 Å². The molecule has 88 valence electrons. The highest BCUT2D eigenvalue weighted by Crippen LogP contribution is 2.35. The van der Waals surface area contributed by atoms with Crippen molar-refractivity contribution in [2.24, 2.45) is 5.73 Å². The maximum Gasteiger partial charge on any atom is 0.417 e. The van der Waals surface area contributed by atoms with Gasteiger partial charge >= 0.3 is 6.18 Å². The average Bonchev–Trinajstić information content (AvgIpc) is 2.14. The Balaban J connectivity index is 3.41. The number of benzene rings is 1. The summed E-state index contributed by atoms with van der Waals surface area (Å²) in [6.07, 6.45) is -4.70. The van der Waals surface area contributed by atoms with Crippen LogP contribution in [-0.4, -0.2) is 16.9 Å². The molecule has 0 spiro atoms. The largest absolute Gasteiger partial charge is 0.507 e. The summed E-state index contributed by atoms with van der Waals surface area (Å²) >= 11 is 0. The van der Waals surface area contributed by atoms with Crippen molar-refractivity contribution in [3.63, 3.8) is 0 Å². The monoisotopic (exact) mass is 233 g/mol. The Morgan fingerprint density at radius 3 is 2.44 bits per heavy atom. The second kappa shape index (κ2) is 4.13. The van der Waals surface area contributed by atoms with E-state index in [9.17, 15) is 23.1 Å². The van der Waals surface area contributed by atoms with Gasteiger partial charge in [0.05, 0.1) is 17.2 Å². The van der Waals surface area contributed by atoms with Gasteiger partial charge in [-0.05, 0) is 19.1 Å². The summed E-state index contributed by atoms with van der Waals surface area (Å²) in [5.41, 5.74) is 3.28. The lowest BCUT2D eigenvalue weighted by Gasteiger charge is -2.14. The minimum absolute atomic E-state index is 0.711. The van der Waals surface area contributed by atoms with Crippen LogP contribution in [0.2, 0.25) is 0 Å². The van der Waals surface area contributed by atoms with E-state index in [0.29, 0.717) is 0 Å². The van der Waals surface area contributed by atoms with Gasteiger partial charge in [-0.15, -0.1) is 0 Å². The first-order chi connectivity index (χ1) is 7.25. The second-order valence-electron chi connectivity index (χ2n) is 3.35. The van der Waals surface area contributed by atoms with E-state index in [1.807, 2.05) is 0 Å². The van der Waals surface area contributed by atoms with Crippen LogP contribution in [0.25, 0.3) is 0 Å². The third kappa shape index (κ3) is 2.33. The molecule has 1 aromatic carbocycles. The molecule has 0 heterocycles. The number of alkyl halides is 3. The lowest BCUT2D eigenvalue weighted by Crippen LogP contribution is -2.28. The topological polar surface area (TPSA) is 63.3 Å². The number of phenols is 1. The van der Waals surface area contributed by atoms with Crippen LogP contribution < -0.4 is 5.73 Å². The number of carbonyl (C=O) groups excluding carboxylic acids is 1. The summed E-state index contributed by atoms with van der Waals surface area (Å²) in [6.45, 7) is 1.26. The molecule has 0 bridgehead atoms. The highest BCUT2D eigenvalue weighted by atomic mass is 19.4. The lowest BCUT2D eigenvalue weighted by molar-refractivity contribution is -0.138. The maximum absolute atomic E-state index is 12.5. The molecule has 0 aliphatic carbocycles. The van der Waals surface area contributed by atoms with Crippen LogP contribution in [0, 0.1) is 0 Å². The third-order valence-electron chi connectivity index (χ3n) is 2.01. The van der Waals surface area contributed by atoms with Gasteiger partial charge in [0.1, 0.15) is 5.75 Å². The molecule has 0 saturated heterocycles. The fraction of sp³-hybridized carbons (Fsp3) is 0.300. The number of nitrogens with two attached hydrogens (primary N) is 1. The number of Topliss-reactive ketones (excluding diaryl/α,β-unsaturated/α-hetero) is 1. The van der Waals surface area contributed by atoms with Crippen molar-refractivity contribution >= 4 is 5.78 Å². The quantitative estimate of drug-likeness (QED) is 0.767. The molecule has 0 aliphatic heterocycles. The van der Waals surface area contributed by atoms with Crippen molar-refractivity contribution in [3.8, 4) is 5.75 Å². The van der Waals surface area contributed by atoms with Gasteiger partial charge in [0.25, 0.3) is 0 Å². The zero-order valence-corrected chi connectivity index (χ0v) is 8.38. The summed E-state index contributed by atoms with van der Waals surface area (Å²) in [7, 11) is 0. The van der Waals surface area contributed by atoms with Gasteiger partial charge in [-0.3, -0.25) is 4.79 Å². The van der Waals surface area contributed by atoms with E-state index < -0.39 is 34.9 Å². The van der Waals surface area contributed by atoms with Gasteiger partial charge in [0.15, 0.2) is 5.78 Å². The average molecular weight is 233 g/mol. The van der Waals surface area contributed by atoms with E-state index in [1.54, 1.807) is 0 Å². The van der Waals surface area contributed by atoms with Gasteiger partial charge in [0, 0.05) is 0 Å². The smallest absolute Gasteiger partial charge is 0.417 e. The highest BCUT2D eigenvalue weighted by molar-refractivity contribution is 6.03. The molecular formula is C10H10F3NO2. The molecule has 16 heavy (non-hydrogen) atoms. The van der Waals surface area contributed by atoms with Crippen LogP contribution in [0.4, 0.5) is 13.2 Å². The van der Waals surface area contributed by atoms with Crippen molar-refractivity contribution in [1.29, 1.82) is 0 Å². The Bertz CT molecular complexity index is 413.